The minimum Gasteiger partial charge on any atom is -0.341 e. The highest BCUT2D eigenvalue weighted by Crippen LogP contribution is 2.20. The van der Waals surface area contributed by atoms with Crippen LogP contribution in [0.5, 0.6) is 0 Å². The molecule has 0 saturated carbocycles. The van der Waals surface area contributed by atoms with Crippen molar-refractivity contribution in [2.24, 2.45) is 7.05 Å². The summed E-state index contributed by atoms with van der Waals surface area (Å²) < 4.78 is 4.33. The first-order chi connectivity index (χ1) is 15.0. The van der Waals surface area contributed by atoms with E-state index in [0.717, 1.165) is 10.1 Å². The summed E-state index contributed by atoms with van der Waals surface area (Å²) in [6.45, 7) is 1.74. The molecule has 8 nitrogen and oxygen atoms in total. The van der Waals surface area contributed by atoms with Gasteiger partial charge in [0.1, 0.15) is 18.4 Å². The summed E-state index contributed by atoms with van der Waals surface area (Å²) in [5.41, 5.74) is 0.455. The highest BCUT2D eigenvalue weighted by Gasteiger charge is 2.22. The van der Waals surface area contributed by atoms with Gasteiger partial charge in [-0.3, -0.25) is 18.7 Å². The molecular weight excluding hydrogens is 394 g/mol. The molecule has 1 atom stereocenters. The molecule has 1 unspecified atom stereocenters. The molecule has 0 spiro atoms. The van der Waals surface area contributed by atoms with Gasteiger partial charge in [0.25, 0.3) is 5.56 Å². The van der Waals surface area contributed by atoms with Crippen LogP contribution < -0.4 is 16.6 Å². The van der Waals surface area contributed by atoms with Crippen LogP contribution in [0.3, 0.4) is 0 Å². The third-order valence-corrected chi connectivity index (χ3v) is 5.31. The normalized spacial score (nSPS) is 12.1. The van der Waals surface area contributed by atoms with E-state index in [9.17, 15) is 14.4 Å². The van der Waals surface area contributed by atoms with Gasteiger partial charge in [-0.25, -0.2) is 9.78 Å². The highest BCUT2D eigenvalue weighted by atomic mass is 16.2. The van der Waals surface area contributed by atoms with Gasteiger partial charge in [-0.15, -0.1) is 0 Å². The van der Waals surface area contributed by atoms with Crippen LogP contribution in [0.2, 0.25) is 0 Å². The minimum atomic E-state index is -0.505. The topological polar surface area (TPSA) is 90.9 Å². The quantitative estimate of drug-likeness (QED) is 0.518. The average Bonchev–Trinajstić information content (AvgIpc) is 3.21. The fraction of sp³-hybridized carbons (Fsp3) is 0.217. The lowest BCUT2D eigenvalue weighted by molar-refractivity contribution is -0.122. The molecule has 158 valence electrons. The van der Waals surface area contributed by atoms with E-state index >= 15 is 0 Å². The van der Waals surface area contributed by atoms with Gasteiger partial charge in [0.05, 0.1) is 10.9 Å². The second-order valence-electron chi connectivity index (χ2n) is 7.24. The van der Waals surface area contributed by atoms with Gasteiger partial charge in [0, 0.05) is 26.0 Å². The summed E-state index contributed by atoms with van der Waals surface area (Å²) in [4.78, 5) is 43.0. The van der Waals surface area contributed by atoms with Gasteiger partial charge >= 0.3 is 5.69 Å². The number of hydrogen-bond acceptors (Lipinski definition) is 4. The number of para-hydroxylation sites is 1. The number of nitrogens with zero attached hydrogens (tertiary/aromatic N) is 4. The van der Waals surface area contributed by atoms with Crippen LogP contribution in [0.4, 0.5) is 0 Å². The van der Waals surface area contributed by atoms with Crippen LogP contribution >= 0.6 is 0 Å². The zero-order valence-electron chi connectivity index (χ0n) is 17.4. The number of hydrogen-bond donors (Lipinski definition) is 1. The molecular formula is C23H23N5O3. The Bertz CT molecular complexity index is 1350. The van der Waals surface area contributed by atoms with Gasteiger partial charge in [0.15, 0.2) is 0 Å². The molecule has 0 bridgehead atoms. The van der Waals surface area contributed by atoms with E-state index in [2.05, 4.69) is 10.3 Å². The van der Waals surface area contributed by atoms with E-state index in [4.69, 9.17) is 0 Å². The molecule has 2 aromatic carbocycles. The van der Waals surface area contributed by atoms with Crippen molar-refractivity contribution in [3.8, 4) is 0 Å². The van der Waals surface area contributed by atoms with Crippen molar-refractivity contribution in [1.82, 2.24) is 24.0 Å². The second kappa shape index (κ2) is 8.43. The summed E-state index contributed by atoms with van der Waals surface area (Å²) in [6, 6.07) is 15.9. The summed E-state index contributed by atoms with van der Waals surface area (Å²) in [7, 11) is 1.86. The van der Waals surface area contributed by atoms with Crippen LogP contribution in [0.25, 0.3) is 10.9 Å². The molecule has 2 aromatic heterocycles. The Labute approximate surface area is 178 Å². The second-order valence-corrected chi connectivity index (χ2v) is 7.24. The highest BCUT2D eigenvalue weighted by molar-refractivity contribution is 5.82. The van der Waals surface area contributed by atoms with Crippen molar-refractivity contribution in [1.29, 1.82) is 0 Å². The Morgan fingerprint density at radius 1 is 1.03 bits per heavy atom. The Kier molecular flexibility index (Phi) is 5.53. The van der Waals surface area contributed by atoms with E-state index in [1.54, 1.807) is 37.4 Å². The fourth-order valence-electron chi connectivity index (χ4n) is 3.75. The minimum absolute atomic E-state index is 0.215. The molecule has 0 aliphatic heterocycles. The predicted molar refractivity (Wildman–Crippen MR) is 118 cm³/mol. The summed E-state index contributed by atoms with van der Waals surface area (Å²) in [6.07, 6.45) is 3.49. The number of carbonyl (C=O) groups excluding carboxylic acids is 1. The lowest BCUT2D eigenvalue weighted by Crippen LogP contribution is -2.43. The van der Waals surface area contributed by atoms with Crippen molar-refractivity contribution < 1.29 is 4.79 Å². The smallest absolute Gasteiger partial charge is 0.331 e. The monoisotopic (exact) mass is 417 g/mol. The third-order valence-electron chi connectivity index (χ3n) is 5.31. The number of imidazole rings is 1. The van der Waals surface area contributed by atoms with E-state index in [1.165, 1.54) is 4.57 Å². The number of nitrogens with one attached hydrogen (secondary N) is 1. The fourth-order valence-corrected chi connectivity index (χ4v) is 3.75. The van der Waals surface area contributed by atoms with E-state index in [0.29, 0.717) is 16.7 Å². The van der Waals surface area contributed by atoms with Crippen LogP contribution in [-0.2, 0) is 24.9 Å². The maximum Gasteiger partial charge on any atom is 0.331 e. The molecule has 1 amide bonds. The van der Waals surface area contributed by atoms with Crippen molar-refractivity contribution in [2.45, 2.75) is 26.1 Å². The number of rotatable bonds is 6. The molecule has 0 aliphatic rings. The standard InChI is InChI=1S/C23H23N5O3/c1-3-27-22(30)17-11-7-8-12-18(17)28(23(27)31)15-19(29)25-20(16-9-5-4-6-10-16)21-24-13-14-26(21)2/h4-14,20H,3,15H2,1-2H3,(H,25,29). The number of carbonyl (C=O) groups is 1. The summed E-state index contributed by atoms with van der Waals surface area (Å²) in [5.74, 6) is 0.320. The first-order valence-corrected chi connectivity index (χ1v) is 10.0. The number of benzene rings is 2. The van der Waals surface area contributed by atoms with Crippen molar-refractivity contribution in [3.63, 3.8) is 0 Å². The number of fused-ring (bicyclic) bond motifs is 1. The Morgan fingerprint density at radius 2 is 1.74 bits per heavy atom. The van der Waals surface area contributed by atoms with Crippen LogP contribution in [0.1, 0.15) is 24.4 Å². The van der Waals surface area contributed by atoms with Gasteiger partial charge in [0.2, 0.25) is 5.91 Å². The lowest BCUT2D eigenvalue weighted by Gasteiger charge is -2.20. The Morgan fingerprint density at radius 3 is 2.42 bits per heavy atom. The number of amides is 1. The first kappa shape index (κ1) is 20.3. The van der Waals surface area contributed by atoms with E-state index in [-0.39, 0.29) is 24.6 Å². The molecule has 31 heavy (non-hydrogen) atoms. The van der Waals surface area contributed by atoms with Crippen LogP contribution in [0, 0.1) is 0 Å². The van der Waals surface area contributed by atoms with Crippen molar-refractivity contribution in [2.75, 3.05) is 0 Å². The van der Waals surface area contributed by atoms with Crippen molar-refractivity contribution in [3.05, 3.63) is 99.2 Å². The molecule has 8 heteroatoms. The molecule has 4 aromatic rings. The lowest BCUT2D eigenvalue weighted by atomic mass is 10.1. The Balaban J connectivity index is 1.73. The largest absolute Gasteiger partial charge is 0.341 e. The van der Waals surface area contributed by atoms with Gasteiger partial charge in [-0.2, -0.15) is 0 Å². The first-order valence-electron chi connectivity index (χ1n) is 10.0. The third kappa shape index (κ3) is 3.79. The summed E-state index contributed by atoms with van der Waals surface area (Å²) >= 11 is 0. The molecule has 0 saturated heterocycles. The SMILES string of the molecule is CCn1c(=O)c2ccccc2n(CC(=O)NC(c2ccccc2)c2nccn2C)c1=O. The molecule has 0 fully saturated rings. The summed E-state index contributed by atoms with van der Waals surface area (Å²) in [5, 5.41) is 3.40. The molecule has 0 radical (unpaired) electrons. The Hall–Kier alpha value is -3.94. The number of aromatic nitrogens is 4. The zero-order chi connectivity index (χ0) is 22.0. The number of aryl methyl sites for hydroxylation is 1. The maximum absolute atomic E-state index is 13.1. The average molecular weight is 417 g/mol. The van der Waals surface area contributed by atoms with E-state index in [1.807, 2.05) is 48.1 Å². The van der Waals surface area contributed by atoms with Crippen LogP contribution in [-0.4, -0.2) is 24.6 Å². The zero-order valence-corrected chi connectivity index (χ0v) is 17.4. The van der Waals surface area contributed by atoms with Gasteiger partial charge in [-0.1, -0.05) is 42.5 Å². The maximum atomic E-state index is 13.1. The predicted octanol–water partition coefficient (Wildman–Crippen LogP) is 1.82. The van der Waals surface area contributed by atoms with Crippen molar-refractivity contribution >= 4 is 16.8 Å². The molecule has 1 N–H and O–H groups in total. The van der Waals surface area contributed by atoms with Gasteiger partial charge < -0.3 is 9.88 Å². The van der Waals surface area contributed by atoms with E-state index < -0.39 is 11.7 Å². The molecule has 4 rings (SSSR count). The molecule has 2 heterocycles. The molecule has 0 aliphatic carbocycles. The van der Waals surface area contributed by atoms with Gasteiger partial charge in [-0.05, 0) is 24.6 Å². The van der Waals surface area contributed by atoms with Crippen LogP contribution in [0.15, 0.2) is 76.6 Å².